The van der Waals surface area contributed by atoms with E-state index in [1.807, 2.05) is 19.1 Å². The van der Waals surface area contributed by atoms with E-state index >= 15 is 0 Å². The molecule has 6 heteroatoms. The monoisotopic (exact) mass is 269 g/mol. The van der Waals surface area contributed by atoms with E-state index in [2.05, 4.69) is 22.5 Å². The normalized spacial score (nSPS) is 24.1. The molecule has 2 atom stereocenters. The Morgan fingerprint density at radius 1 is 1.33 bits per heavy atom. The molecule has 1 heterocycles. The number of hydrazine groups is 1. The second-order valence-corrected chi connectivity index (χ2v) is 6.45. The van der Waals surface area contributed by atoms with E-state index in [0.29, 0.717) is 12.2 Å². The van der Waals surface area contributed by atoms with Crippen molar-refractivity contribution < 1.29 is 8.42 Å². The average Bonchev–Trinajstić information content (AvgIpc) is 2.77. The van der Waals surface area contributed by atoms with E-state index < -0.39 is 15.3 Å². The maximum absolute atomic E-state index is 12.2. The van der Waals surface area contributed by atoms with E-state index in [1.165, 1.54) is 5.56 Å². The molecule has 2 unspecified atom stereocenters. The van der Waals surface area contributed by atoms with Crippen molar-refractivity contribution in [2.75, 3.05) is 11.3 Å². The SMILES string of the molecule is CCc1ccc(NS(=O)(=O)C2CNNC2C)cc1. The highest BCUT2D eigenvalue weighted by molar-refractivity contribution is 7.93. The largest absolute Gasteiger partial charge is 0.283 e. The molecule has 0 radical (unpaired) electrons. The number of anilines is 1. The van der Waals surface area contributed by atoms with Crippen LogP contribution in [0.5, 0.6) is 0 Å². The molecule has 1 aliphatic heterocycles. The number of benzene rings is 1. The molecule has 0 bridgehead atoms. The van der Waals surface area contributed by atoms with Gasteiger partial charge in [-0.3, -0.25) is 15.6 Å². The molecular weight excluding hydrogens is 250 g/mol. The van der Waals surface area contributed by atoms with Gasteiger partial charge in [-0.05, 0) is 31.0 Å². The van der Waals surface area contributed by atoms with Crippen LogP contribution in [0.4, 0.5) is 5.69 Å². The average molecular weight is 269 g/mol. The minimum absolute atomic E-state index is 0.0996. The predicted octanol–water partition coefficient (Wildman–Crippen LogP) is 0.856. The van der Waals surface area contributed by atoms with Crippen LogP contribution in [0.25, 0.3) is 0 Å². The van der Waals surface area contributed by atoms with Gasteiger partial charge in [0.1, 0.15) is 5.25 Å². The first-order chi connectivity index (χ1) is 8.53. The van der Waals surface area contributed by atoms with Crippen molar-refractivity contribution in [2.45, 2.75) is 31.6 Å². The third-order valence-electron chi connectivity index (χ3n) is 3.21. The van der Waals surface area contributed by atoms with Crippen molar-refractivity contribution in [1.82, 2.24) is 10.9 Å². The highest BCUT2D eigenvalue weighted by atomic mass is 32.2. The maximum Gasteiger partial charge on any atom is 0.238 e. The van der Waals surface area contributed by atoms with Crippen molar-refractivity contribution in [3.05, 3.63) is 29.8 Å². The van der Waals surface area contributed by atoms with E-state index in [9.17, 15) is 8.42 Å². The Balaban J connectivity index is 2.11. The lowest BCUT2D eigenvalue weighted by atomic mass is 10.2. The molecule has 18 heavy (non-hydrogen) atoms. The third kappa shape index (κ3) is 2.82. The zero-order valence-corrected chi connectivity index (χ0v) is 11.4. The Morgan fingerprint density at radius 3 is 2.50 bits per heavy atom. The molecule has 0 amide bonds. The van der Waals surface area contributed by atoms with Crippen LogP contribution < -0.4 is 15.6 Å². The van der Waals surface area contributed by atoms with Crippen LogP contribution in [0.15, 0.2) is 24.3 Å². The molecule has 0 saturated carbocycles. The molecule has 1 aromatic rings. The Hall–Kier alpha value is -1.11. The van der Waals surface area contributed by atoms with Gasteiger partial charge in [0, 0.05) is 18.3 Å². The van der Waals surface area contributed by atoms with Gasteiger partial charge in [0.2, 0.25) is 10.0 Å². The van der Waals surface area contributed by atoms with Gasteiger partial charge in [0.25, 0.3) is 0 Å². The van der Waals surface area contributed by atoms with Gasteiger partial charge >= 0.3 is 0 Å². The third-order valence-corrected chi connectivity index (χ3v) is 5.10. The zero-order chi connectivity index (χ0) is 13.2. The molecule has 5 nitrogen and oxygen atoms in total. The minimum Gasteiger partial charge on any atom is -0.283 e. The molecule has 0 aromatic heterocycles. The van der Waals surface area contributed by atoms with Gasteiger partial charge in [-0.15, -0.1) is 0 Å². The molecule has 1 aliphatic rings. The van der Waals surface area contributed by atoms with Crippen molar-refractivity contribution in [3.8, 4) is 0 Å². The fourth-order valence-corrected chi connectivity index (χ4v) is 3.54. The topological polar surface area (TPSA) is 70.2 Å². The first-order valence-electron chi connectivity index (χ1n) is 6.12. The van der Waals surface area contributed by atoms with E-state index in [-0.39, 0.29) is 6.04 Å². The van der Waals surface area contributed by atoms with Gasteiger partial charge < -0.3 is 0 Å². The summed E-state index contributed by atoms with van der Waals surface area (Å²) in [6, 6.07) is 7.38. The van der Waals surface area contributed by atoms with Crippen LogP contribution >= 0.6 is 0 Å². The highest BCUT2D eigenvalue weighted by Crippen LogP contribution is 2.16. The summed E-state index contributed by atoms with van der Waals surface area (Å²) < 4.78 is 27.0. The fraction of sp³-hybridized carbons (Fsp3) is 0.500. The Morgan fingerprint density at radius 2 is 2.00 bits per heavy atom. The first kappa shape index (κ1) is 13.3. The summed E-state index contributed by atoms with van der Waals surface area (Å²) in [7, 11) is -3.36. The number of hydrogen-bond acceptors (Lipinski definition) is 4. The molecule has 2 rings (SSSR count). The van der Waals surface area contributed by atoms with Crippen LogP contribution in [0.3, 0.4) is 0 Å². The number of rotatable bonds is 4. The van der Waals surface area contributed by atoms with E-state index in [0.717, 1.165) is 6.42 Å². The minimum atomic E-state index is -3.36. The van der Waals surface area contributed by atoms with Crippen LogP contribution in [0, 0.1) is 0 Å². The van der Waals surface area contributed by atoms with Gasteiger partial charge in [0.15, 0.2) is 0 Å². The second kappa shape index (κ2) is 5.26. The van der Waals surface area contributed by atoms with Crippen molar-refractivity contribution >= 4 is 15.7 Å². The number of hydrogen-bond donors (Lipinski definition) is 3. The van der Waals surface area contributed by atoms with Gasteiger partial charge in [-0.1, -0.05) is 19.1 Å². The van der Waals surface area contributed by atoms with E-state index in [1.54, 1.807) is 12.1 Å². The smallest absolute Gasteiger partial charge is 0.238 e. The van der Waals surface area contributed by atoms with Gasteiger partial charge in [-0.25, -0.2) is 8.42 Å². The fourth-order valence-electron chi connectivity index (χ4n) is 2.02. The van der Waals surface area contributed by atoms with Crippen LogP contribution in [-0.4, -0.2) is 26.3 Å². The van der Waals surface area contributed by atoms with Crippen LogP contribution in [0.1, 0.15) is 19.4 Å². The number of aryl methyl sites for hydroxylation is 1. The summed E-state index contributed by atoms with van der Waals surface area (Å²) in [5.74, 6) is 0. The highest BCUT2D eigenvalue weighted by Gasteiger charge is 2.34. The molecular formula is C12H19N3O2S. The van der Waals surface area contributed by atoms with E-state index in [4.69, 9.17) is 0 Å². The number of sulfonamides is 1. The number of nitrogens with one attached hydrogen (secondary N) is 3. The molecule has 100 valence electrons. The van der Waals surface area contributed by atoms with Gasteiger partial charge in [-0.2, -0.15) is 0 Å². The zero-order valence-electron chi connectivity index (χ0n) is 10.6. The summed E-state index contributed by atoms with van der Waals surface area (Å²) in [4.78, 5) is 0. The summed E-state index contributed by atoms with van der Waals surface area (Å²) in [5, 5.41) is -0.455. The van der Waals surface area contributed by atoms with Crippen molar-refractivity contribution in [3.63, 3.8) is 0 Å². The summed E-state index contributed by atoms with van der Waals surface area (Å²) in [5.41, 5.74) is 7.58. The molecule has 1 aromatic carbocycles. The predicted molar refractivity (Wildman–Crippen MR) is 72.8 cm³/mol. The Bertz CT molecular complexity index is 499. The summed E-state index contributed by atoms with van der Waals surface area (Å²) in [6.45, 7) is 4.34. The molecule has 0 spiro atoms. The summed E-state index contributed by atoms with van der Waals surface area (Å²) >= 11 is 0. The van der Waals surface area contributed by atoms with Gasteiger partial charge in [0.05, 0.1) is 0 Å². The maximum atomic E-state index is 12.2. The quantitative estimate of drug-likeness (QED) is 0.758. The second-order valence-electron chi connectivity index (χ2n) is 4.55. The van der Waals surface area contributed by atoms with Crippen molar-refractivity contribution in [2.24, 2.45) is 0 Å². The lowest BCUT2D eigenvalue weighted by molar-refractivity contribution is 0.565. The molecule has 3 N–H and O–H groups in total. The molecule has 1 fully saturated rings. The van der Waals surface area contributed by atoms with Crippen LogP contribution in [-0.2, 0) is 16.4 Å². The lowest BCUT2D eigenvalue weighted by Gasteiger charge is -2.16. The van der Waals surface area contributed by atoms with Crippen molar-refractivity contribution in [1.29, 1.82) is 0 Å². The Labute approximate surface area is 108 Å². The summed E-state index contributed by atoms with van der Waals surface area (Å²) in [6.07, 6.45) is 0.945. The first-order valence-corrected chi connectivity index (χ1v) is 7.66. The molecule has 0 aliphatic carbocycles. The Kier molecular flexibility index (Phi) is 3.89. The lowest BCUT2D eigenvalue weighted by Crippen LogP contribution is -2.38. The molecule has 1 saturated heterocycles. The standard InChI is InChI=1S/C12H19N3O2S/c1-3-10-4-6-11(7-5-10)15-18(16,17)12-8-13-14-9(12)2/h4-7,9,12-15H,3,8H2,1-2H3. The van der Waals surface area contributed by atoms with Crippen LogP contribution in [0.2, 0.25) is 0 Å².